The van der Waals surface area contributed by atoms with E-state index in [0.29, 0.717) is 0 Å². The molecule has 2 heterocycles. The van der Waals surface area contributed by atoms with Crippen molar-refractivity contribution in [3.05, 3.63) is 18.6 Å². The van der Waals surface area contributed by atoms with Crippen LogP contribution >= 0.6 is 0 Å². The molecule has 0 saturated carbocycles. The number of hydrogen-bond acceptors (Lipinski definition) is 3. The highest BCUT2D eigenvalue weighted by atomic mass is 15.1. The van der Waals surface area contributed by atoms with Gasteiger partial charge in [-0.2, -0.15) is 0 Å². The Balaban J connectivity index is 2.70. The molecule has 1 N–H and O–H groups in total. The first-order valence-corrected chi connectivity index (χ1v) is 3.74. The zero-order chi connectivity index (χ0) is 8.55. The van der Waals surface area contributed by atoms with E-state index >= 15 is 0 Å². The van der Waals surface area contributed by atoms with Crippen LogP contribution in [0.1, 0.15) is 0 Å². The summed E-state index contributed by atoms with van der Waals surface area (Å²) in [7, 11) is 3.97. The molecule has 2 rings (SSSR count). The molecule has 0 amide bonds. The summed E-state index contributed by atoms with van der Waals surface area (Å²) in [6, 6.07) is 0. The van der Waals surface area contributed by atoms with Gasteiger partial charge in [-0.1, -0.05) is 0 Å². The maximum Gasteiger partial charge on any atom is 0.158 e. The van der Waals surface area contributed by atoms with Crippen molar-refractivity contribution in [2.24, 2.45) is 0 Å². The first-order chi connectivity index (χ1) is 5.79. The molecular weight excluding hydrogens is 152 g/mol. The second-order valence-corrected chi connectivity index (χ2v) is 2.82. The molecule has 0 saturated heterocycles. The van der Waals surface area contributed by atoms with Crippen LogP contribution in [-0.4, -0.2) is 29.0 Å². The van der Waals surface area contributed by atoms with Gasteiger partial charge in [0.25, 0.3) is 0 Å². The summed E-state index contributed by atoms with van der Waals surface area (Å²) in [5, 5.41) is 0. The van der Waals surface area contributed by atoms with E-state index in [-0.39, 0.29) is 0 Å². The summed E-state index contributed by atoms with van der Waals surface area (Å²) in [5.41, 5.74) is 2.82. The van der Waals surface area contributed by atoms with Gasteiger partial charge < -0.3 is 9.88 Å². The molecule has 0 aliphatic heterocycles. The number of nitrogens with one attached hydrogen (secondary N) is 1. The lowest BCUT2D eigenvalue weighted by molar-refractivity contribution is 1.13. The number of nitrogens with zero attached hydrogens (tertiary/aromatic N) is 3. The van der Waals surface area contributed by atoms with Crippen molar-refractivity contribution in [2.45, 2.75) is 0 Å². The first kappa shape index (κ1) is 7.09. The fraction of sp³-hybridized carbons (Fsp3) is 0.250. The molecule has 2 aromatic heterocycles. The van der Waals surface area contributed by atoms with Crippen molar-refractivity contribution in [1.29, 1.82) is 0 Å². The summed E-state index contributed by atoms with van der Waals surface area (Å²) in [4.78, 5) is 13.4. The summed E-state index contributed by atoms with van der Waals surface area (Å²) in [6.45, 7) is 0. The van der Waals surface area contributed by atoms with Crippen LogP contribution in [-0.2, 0) is 0 Å². The van der Waals surface area contributed by atoms with E-state index in [2.05, 4.69) is 15.0 Å². The Morgan fingerprint density at radius 1 is 1.25 bits per heavy atom. The van der Waals surface area contributed by atoms with Crippen molar-refractivity contribution < 1.29 is 0 Å². The Hall–Kier alpha value is -1.58. The Kier molecular flexibility index (Phi) is 1.46. The minimum Gasteiger partial charge on any atom is -0.375 e. The summed E-state index contributed by atoms with van der Waals surface area (Å²) < 4.78 is 0. The zero-order valence-electron chi connectivity index (χ0n) is 7.07. The number of hydrogen-bond donors (Lipinski definition) is 1. The van der Waals surface area contributed by atoms with Crippen molar-refractivity contribution in [1.82, 2.24) is 15.0 Å². The second kappa shape index (κ2) is 2.48. The molecule has 0 aromatic carbocycles. The van der Waals surface area contributed by atoms with Crippen LogP contribution in [0, 0.1) is 0 Å². The average Bonchev–Trinajstić information content (AvgIpc) is 2.47. The Labute approximate surface area is 70.3 Å². The van der Waals surface area contributed by atoms with Gasteiger partial charge in [-0.25, -0.2) is 9.97 Å². The molecule has 0 bridgehead atoms. The highest BCUT2D eigenvalue weighted by Gasteiger charge is 2.05. The third-order valence-electron chi connectivity index (χ3n) is 1.77. The van der Waals surface area contributed by atoms with Crippen LogP contribution in [0.25, 0.3) is 11.2 Å². The largest absolute Gasteiger partial charge is 0.375 e. The number of rotatable bonds is 1. The topological polar surface area (TPSA) is 44.8 Å². The van der Waals surface area contributed by atoms with Crippen LogP contribution in [0.2, 0.25) is 0 Å². The van der Waals surface area contributed by atoms with Crippen LogP contribution < -0.4 is 4.90 Å². The van der Waals surface area contributed by atoms with Crippen LogP contribution in [0.4, 0.5) is 5.69 Å². The fourth-order valence-corrected chi connectivity index (χ4v) is 1.18. The molecule has 62 valence electrons. The van der Waals surface area contributed by atoms with Gasteiger partial charge in [0, 0.05) is 32.7 Å². The molecule has 12 heavy (non-hydrogen) atoms. The van der Waals surface area contributed by atoms with Crippen molar-refractivity contribution >= 4 is 16.9 Å². The van der Waals surface area contributed by atoms with Gasteiger partial charge in [0.2, 0.25) is 0 Å². The van der Waals surface area contributed by atoms with Gasteiger partial charge in [0.15, 0.2) is 5.65 Å². The standard InChI is InChI=1S/C8H10N4/c1-12(2)6-5-11-8-7(6)9-3-4-10-8/h3-5H,1-2H3,(H,10,11). The molecule has 0 radical (unpaired) electrons. The predicted molar refractivity (Wildman–Crippen MR) is 48.2 cm³/mol. The van der Waals surface area contributed by atoms with Gasteiger partial charge in [-0.15, -0.1) is 0 Å². The quantitative estimate of drug-likeness (QED) is 0.681. The fourth-order valence-electron chi connectivity index (χ4n) is 1.18. The number of anilines is 1. The van der Waals surface area contributed by atoms with Gasteiger partial charge in [0.1, 0.15) is 5.52 Å². The van der Waals surface area contributed by atoms with E-state index in [1.54, 1.807) is 12.4 Å². The SMILES string of the molecule is CN(C)c1c[nH]c2nccnc12. The van der Waals surface area contributed by atoms with Crippen LogP contribution in [0.15, 0.2) is 18.6 Å². The Bertz CT molecular complexity index is 391. The molecule has 4 nitrogen and oxygen atoms in total. The van der Waals surface area contributed by atoms with E-state index < -0.39 is 0 Å². The third kappa shape index (κ3) is 0.922. The lowest BCUT2D eigenvalue weighted by atomic mass is 10.4. The molecule has 2 aromatic rings. The third-order valence-corrected chi connectivity index (χ3v) is 1.77. The second-order valence-electron chi connectivity index (χ2n) is 2.82. The Morgan fingerprint density at radius 2 is 2.00 bits per heavy atom. The maximum absolute atomic E-state index is 4.23. The molecule has 0 aliphatic carbocycles. The van der Waals surface area contributed by atoms with Crippen LogP contribution in [0.5, 0.6) is 0 Å². The average molecular weight is 162 g/mol. The summed E-state index contributed by atoms with van der Waals surface area (Å²) in [5.74, 6) is 0. The minimum atomic E-state index is 0.834. The number of H-pyrrole nitrogens is 1. The molecular formula is C8H10N4. The zero-order valence-corrected chi connectivity index (χ0v) is 7.07. The smallest absolute Gasteiger partial charge is 0.158 e. The molecule has 0 atom stereocenters. The molecule has 0 aliphatic rings. The van der Waals surface area contributed by atoms with Crippen LogP contribution in [0.3, 0.4) is 0 Å². The highest BCUT2D eigenvalue weighted by Crippen LogP contribution is 2.20. The van der Waals surface area contributed by atoms with E-state index in [4.69, 9.17) is 0 Å². The van der Waals surface area contributed by atoms with E-state index in [9.17, 15) is 0 Å². The summed E-state index contributed by atoms with van der Waals surface area (Å²) in [6.07, 6.45) is 5.28. The van der Waals surface area contributed by atoms with Gasteiger partial charge >= 0.3 is 0 Å². The first-order valence-electron chi connectivity index (χ1n) is 3.74. The van der Waals surface area contributed by atoms with Crippen molar-refractivity contribution in [2.75, 3.05) is 19.0 Å². The van der Waals surface area contributed by atoms with E-state index in [1.807, 2.05) is 25.2 Å². The molecule has 4 heteroatoms. The van der Waals surface area contributed by atoms with Crippen molar-refractivity contribution in [3.8, 4) is 0 Å². The number of aromatic nitrogens is 3. The lowest BCUT2D eigenvalue weighted by Crippen LogP contribution is -2.07. The molecule has 0 fully saturated rings. The van der Waals surface area contributed by atoms with Gasteiger partial charge in [-0.05, 0) is 0 Å². The van der Waals surface area contributed by atoms with Gasteiger partial charge in [0.05, 0.1) is 5.69 Å². The monoisotopic (exact) mass is 162 g/mol. The lowest BCUT2D eigenvalue weighted by Gasteiger charge is -2.08. The normalized spacial score (nSPS) is 10.5. The summed E-state index contributed by atoms with van der Waals surface area (Å²) >= 11 is 0. The van der Waals surface area contributed by atoms with Gasteiger partial charge in [-0.3, -0.25) is 0 Å². The van der Waals surface area contributed by atoms with E-state index in [0.717, 1.165) is 16.9 Å². The maximum atomic E-state index is 4.23. The Morgan fingerprint density at radius 3 is 2.75 bits per heavy atom. The number of aromatic amines is 1. The highest BCUT2D eigenvalue weighted by molar-refractivity contribution is 5.85. The minimum absolute atomic E-state index is 0.834. The predicted octanol–water partition coefficient (Wildman–Crippen LogP) is 1.02. The van der Waals surface area contributed by atoms with E-state index in [1.165, 1.54) is 0 Å². The van der Waals surface area contributed by atoms with Crippen molar-refractivity contribution in [3.63, 3.8) is 0 Å². The molecule has 0 spiro atoms. The number of fused-ring (bicyclic) bond motifs is 1. The molecule has 0 unspecified atom stereocenters.